The van der Waals surface area contributed by atoms with Gasteiger partial charge in [-0.25, -0.2) is 0 Å². The number of nitrogens with zero attached hydrogens (tertiary/aromatic N) is 1. The molecule has 0 aromatic carbocycles. The third-order valence-corrected chi connectivity index (χ3v) is 0.445. The van der Waals surface area contributed by atoms with Gasteiger partial charge in [-0.2, -0.15) is 5.10 Å². The predicted molar refractivity (Wildman–Crippen MR) is 27.4 cm³/mol. The Balaban J connectivity index is 3.22. The summed E-state index contributed by atoms with van der Waals surface area (Å²) in [5.41, 5.74) is 5.41. The first-order chi connectivity index (χ1) is 2.81. The summed E-state index contributed by atoms with van der Waals surface area (Å²) in [4.78, 5) is 0. The summed E-state index contributed by atoms with van der Waals surface area (Å²) in [6.45, 7) is 1.77. The lowest BCUT2D eigenvalue weighted by Crippen LogP contribution is -2.19. The van der Waals surface area contributed by atoms with Crippen molar-refractivity contribution in [2.24, 2.45) is 16.7 Å². The third kappa shape index (κ3) is 1.63. The van der Waals surface area contributed by atoms with E-state index >= 15 is 0 Å². The quantitative estimate of drug-likeness (QED) is 0.139. The molecule has 0 unspecified atom stereocenters. The molecule has 33 valence electrons. The van der Waals surface area contributed by atoms with Crippen LogP contribution in [0.2, 0.25) is 6.82 Å². The van der Waals surface area contributed by atoms with Crippen LogP contribution in [0.25, 0.3) is 0 Å². The van der Waals surface area contributed by atoms with Crippen LogP contribution in [-0.4, -0.2) is 13.0 Å². The Kier molecular flexibility index (Phi) is 2.28. The molecule has 0 amide bonds. The average Bonchev–Trinajstić information content (AvgIpc) is 1.65. The number of amidine groups is 1. The van der Waals surface area contributed by atoms with E-state index < -0.39 is 0 Å². The lowest BCUT2D eigenvalue weighted by atomic mass is 9.81. The van der Waals surface area contributed by atoms with Gasteiger partial charge in [-0.15, -0.1) is 0 Å². The van der Waals surface area contributed by atoms with Crippen LogP contribution in [0.1, 0.15) is 0 Å². The number of rotatable bonds is 1. The van der Waals surface area contributed by atoms with Crippen molar-refractivity contribution in [2.75, 3.05) is 0 Å². The number of hydrogen-bond acceptors (Lipinski definition) is 2. The monoisotopic (exact) mass is 84.1 g/mol. The van der Waals surface area contributed by atoms with E-state index in [9.17, 15) is 0 Å². The van der Waals surface area contributed by atoms with Crippen LogP contribution >= 0.6 is 0 Å². The standard InChI is InChI=1S/C2H7BN3/c1-3-2(4)6-5/h5H2,1H3,(H2,4,6). The van der Waals surface area contributed by atoms with Crippen LogP contribution < -0.4 is 11.6 Å². The molecule has 0 aliphatic carbocycles. The highest BCUT2D eigenvalue weighted by Gasteiger charge is 1.80. The zero-order valence-corrected chi connectivity index (χ0v) is 3.68. The summed E-state index contributed by atoms with van der Waals surface area (Å²) in [7, 11) is 1.62. The number of nitrogens with two attached hydrogens (primary N) is 2. The number of hydrogen-bond donors (Lipinski definition) is 2. The van der Waals surface area contributed by atoms with Crippen molar-refractivity contribution in [3.63, 3.8) is 0 Å². The van der Waals surface area contributed by atoms with Crippen molar-refractivity contribution in [3.8, 4) is 0 Å². The minimum Gasteiger partial charge on any atom is -0.394 e. The second-order valence-electron chi connectivity index (χ2n) is 0.843. The van der Waals surface area contributed by atoms with Crippen LogP contribution in [0.15, 0.2) is 5.10 Å². The first-order valence-corrected chi connectivity index (χ1v) is 1.64. The Morgan fingerprint density at radius 2 is 2.33 bits per heavy atom. The Morgan fingerprint density at radius 3 is 2.33 bits per heavy atom. The SMILES string of the molecule is C[B]/C(N)=N/N. The maximum atomic E-state index is 5.04. The lowest BCUT2D eigenvalue weighted by Gasteiger charge is -1.83. The fourth-order valence-electron chi connectivity index (χ4n) is 0.0745. The molecule has 0 atom stereocenters. The van der Waals surface area contributed by atoms with Gasteiger partial charge in [-0.3, -0.25) is 0 Å². The van der Waals surface area contributed by atoms with Gasteiger partial charge in [0.15, 0.2) is 7.28 Å². The van der Waals surface area contributed by atoms with Gasteiger partial charge in [-0.1, -0.05) is 6.82 Å². The van der Waals surface area contributed by atoms with Crippen LogP contribution in [-0.2, 0) is 0 Å². The summed E-state index contributed by atoms with van der Waals surface area (Å²) < 4.78 is 0. The van der Waals surface area contributed by atoms with Crippen LogP contribution in [0, 0.1) is 0 Å². The summed E-state index contributed by atoms with van der Waals surface area (Å²) in [6.07, 6.45) is 0. The van der Waals surface area contributed by atoms with E-state index in [1.807, 2.05) is 0 Å². The van der Waals surface area contributed by atoms with Gasteiger partial charge < -0.3 is 11.6 Å². The molecule has 1 radical (unpaired) electrons. The highest BCUT2D eigenvalue weighted by Crippen LogP contribution is 1.52. The Hall–Kier alpha value is -0.665. The van der Waals surface area contributed by atoms with Crippen LogP contribution in [0.3, 0.4) is 0 Å². The van der Waals surface area contributed by atoms with E-state index in [0.29, 0.717) is 5.73 Å². The predicted octanol–water partition coefficient (Wildman–Crippen LogP) is -1.07. The molecule has 0 spiro atoms. The van der Waals surface area contributed by atoms with E-state index in [-0.39, 0.29) is 0 Å². The van der Waals surface area contributed by atoms with Crippen molar-refractivity contribution in [1.29, 1.82) is 0 Å². The topological polar surface area (TPSA) is 64.4 Å². The molecule has 0 saturated carbocycles. The molecule has 0 heterocycles. The van der Waals surface area contributed by atoms with Crippen molar-refractivity contribution in [2.45, 2.75) is 6.82 Å². The molecule has 0 aromatic rings. The molecule has 0 aliphatic heterocycles. The smallest absolute Gasteiger partial charge is 0.199 e. The Morgan fingerprint density at radius 1 is 1.83 bits per heavy atom. The van der Waals surface area contributed by atoms with Crippen molar-refractivity contribution in [3.05, 3.63) is 0 Å². The summed E-state index contributed by atoms with van der Waals surface area (Å²) in [5, 5.41) is 3.15. The molecule has 3 nitrogen and oxygen atoms in total. The molecule has 0 saturated heterocycles. The molecule has 0 bridgehead atoms. The summed E-state index contributed by atoms with van der Waals surface area (Å²) >= 11 is 0. The Bertz CT molecular complexity index is 59.8. The molecule has 0 fully saturated rings. The maximum Gasteiger partial charge on any atom is 0.199 e. The second kappa shape index (κ2) is 2.57. The fourth-order valence-corrected chi connectivity index (χ4v) is 0.0745. The van der Waals surface area contributed by atoms with Crippen molar-refractivity contribution < 1.29 is 0 Å². The first-order valence-electron chi connectivity index (χ1n) is 1.64. The van der Waals surface area contributed by atoms with Gasteiger partial charge in [-0.05, 0) is 0 Å². The van der Waals surface area contributed by atoms with Crippen LogP contribution in [0.5, 0.6) is 0 Å². The van der Waals surface area contributed by atoms with Crippen molar-refractivity contribution >= 4 is 13.0 Å². The Labute approximate surface area is 37.6 Å². The first kappa shape index (κ1) is 5.33. The largest absolute Gasteiger partial charge is 0.394 e. The summed E-state index contributed by atoms with van der Waals surface area (Å²) in [5.74, 6) is 4.71. The highest BCUT2D eigenvalue weighted by atomic mass is 15.1. The zero-order chi connectivity index (χ0) is 4.99. The normalized spacial score (nSPS) is 11.2. The minimum atomic E-state index is 0.370. The maximum absolute atomic E-state index is 5.04. The van der Waals surface area contributed by atoms with Gasteiger partial charge in [0, 0.05) is 0 Å². The molecule has 4 N–H and O–H groups in total. The second-order valence-corrected chi connectivity index (χ2v) is 0.843. The third-order valence-electron chi connectivity index (χ3n) is 0.445. The molecule has 0 rings (SSSR count). The zero-order valence-electron chi connectivity index (χ0n) is 3.68. The molecular formula is C2H7BN3. The molecule has 6 heavy (non-hydrogen) atoms. The van der Waals surface area contributed by atoms with Crippen LogP contribution in [0.4, 0.5) is 0 Å². The van der Waals surface area contributed by atoms with Gasteiger partial charge >= 0.3 is 0 Å². The van der Waals surface area contributed by atoms with E-state index in [4.69, 9.17) is 11.6 Å². The van der Waals surface area contributed by atoms with Gasteiger partial charge in [0.25, 0.3) is 0 Å². The lowest BCUT2D eigenvalue weighted by molar-refractivity contribution is 1.25. The molecular weight excluding hydrogens is 76.9 g/mol. The minimum absolute atomic E-state index is 0.370. The van der Waals surface area contributed by atoms with E-state index in [1.165, 1.54) is 0 Å². The highest BCUT2D eigenvalue weighted by molar-refractivity contribution is 6.73. The van der Waals surface area contributed by atoms with Gasteiger partial charge in [0.2, 0.25) is 0 Å². The molecule has 4 heteroatoms. The fraction of sp³-hybridized carbons (Fsp3) is 0.500. The number of hydrazone groups is 1. The summed E-state index contributed by atoms with van der Waals surface area (Å²) in [6, 6.07) is 0. The van der Waals surface area contributed by atoms with Gasteiger partial charge in [0.05, 0.1) is 5.73 Å². The van der Waals surface area contributed by atoms with Gasteiger partial charge in [0.1, 0.15) is 0 Å². The van der Waals surface area contributed by atoms with E-state index in [2.05, 4.69) is 5.10 Å². The van der Waals surface area contributed by atoms with E-state index in [1.54, 1.807) is 14.1 Å². The molecule has 0 aliphatic rings. The van der Waals surface area contributed by atoms with E-state index in [0.717, 1.165) is 0 Å². The average molecular weight is 83.9 g/mol. The molecule has 0 aromatic heterocycles. The van der Waals surface area contributed by atoms with Crippen molar-refractivity contribution in [1.82, 2.24) is 0 Å².